The van der Waals surface area contributed by atoms with Gasteiger partial charge < -0.3 is 10.6 Å². The number of amides is 1. The van der Waals surface area contributed by atoms with Gasteiger partial charge in [-0.05, 0) is 48.4 Å². The van der Waals surface area contributed by atoms with Gasteiger partial charge in [-0.15, -0.1) is 0 Å². The number of pyridine rings is 1. The summed E-state index contributed by atoms with van der Waals surface area (Å²) < 4.78 is 39.0. The van der Waals surface area contributed by atoms with Crippen LogP contribution in [0, 0.1) is 5.82 Å². The van der Waals surface area contributed by atoms with E-state index in [-0.39, 0.29) is 12.3 Å². The molecule has 0 fully saturated rings. The molecule has 0 radical (unpaired) electrons. The second-order valence-corrected chi connectivity index (χ2v) is 9.57. The van der Waals surface area contributed by atoms with Crippen LogP contribution < -0.4 is 15.4 Å². The van der Waals surface area contributed by atoms with Crippen LogP contribution in [0.3, 0.4) is 0 Å². The predicted octanol–water partition coefficient (Wildman–Crippen LogP) is 3.63. The van der Waals surface area contributed by atoms with E-state index >= 15 is 0 Å². The molecule has 1 atom stereocenters. The van der Waals surface area contributed by atoms with Crippen LogP contribution in [0.5, 0.6) is 0 Å². The summed E-state index contributed by atoms with van der Waals surface area (Å²) in [5, 5.41) is 7.69. The van der Waals surface area contributed by atoms with Gasteiger partial charge in [0.25, 0.3) is 0 Å². The summed E-state index contributed by atoms with van der Waals surface area (Å²) in [5.41, 5.74) is 2.23. The zero-order valence-electron chi connectivity index (χ0n) is 17.4. The Kier molecular flexibility index (Phi) is 8.00. The quantitative estimate of drug-likeness (QED) is 0.386. The van der Waals surface area contributed by atoms with Crippen molar-refractivity contribution in [2.75, 3.05) is 24.7 Å². The minimum Gasteiger partial charge on any atom is -0.384 e. The van der Waals surface area contributed by atoms with E-state index in [1.807, 2.05) is 12.1 Å². The zero-order valence-corrected chi connectivity index (χ0v) is 19.0. The maximum Gasteiger partial charge on any atom is 0.221 e. The van der Waals surface area contributed by atoms with Crippen LogP contribution in [0.4, 0.5) is 10.1 Å². The highest BCUT2D eigenvalue weighted by molar-refractivity contribution is 7.88. The Morgan fingerprint density at radius 3 is 2.59 bits per heavy atom. The van der Waals surface area contributed by atoms with Crippen LogP contribution >= 0.6 is 11.6 Å². The molecule has 0 spiro atoms. The highest BCUT2D eigenvalue weighted by Crippen LogP contribution is 2.24. The van der Waals surface area contributed by atoms with Gasteiger partial charge in [-0.2, -0.15) is 0 Å². The highest BCUT2D eigenvalue weighted by Gasteiger charge is 2.19. The Morgan fingerprint density at radius 1 is 1.12 bits per heavy atom. The summed E-state index contributed by atoms with van der Waals surface area (Å²) in [6.07, 6.45) is 3.28. The van der Waals surface area contributed by atoms with Crippen molar-refractivity contribution in [3.05, 3.63) is 71.1 Å². The maximum absolute atomic E-state index is 13.2. The molecule has 170 valence electrons. The molecule has 7 nitrogen and oxygen atoms in total. The molecule has 0 saturated carbocycles. The molecule has 10 heteroatoms. The van der Waals surface area contributed by atoms with Gasteiger partial charge in [0.1, 0.15) is 5.82 Å². The Balaban J connectivity index is 1.50. The summed E-state index contributed by atoms with van der Waals surface area (Å²) in [5.74, 6) is -0.742. The van der Waals surface area contributed by atoms with Crippen LogP contribution in [-0.4, -0.2) is 38.7 Å². The number of hydrogen-bond donors (Lipinski definition) is 3. The van der Waals surface area contributed by atoms with Gasteiger partial charge in [0, 0.05) is 41.8 Å². The van der Waals surface area contributed by atoms with E-state index in [1.54, 1.807) is 18.3 Å². The van der Waals surface area contributed by atoms with E-state index in [1.165, 1.54) is 24.3 Å². The van der Waals surface area contributed by atoms with Crippen LogP contribution in [0.15, 0.2) is 54.7 Å². The minimum atomic E-state index is -3.55. The summed E-state index contributed by atoms with van der Waals surface area (Å²) in [4.78, 5) is 16.7. The van der Waals surface area contributed by atoms with Crippen molar-refractivity contribution in [3.63, 3.8) is 0 Å². The van der Waals surface area contributed by atoms with Crippen LogP contribution in [0.2, 0.25) is 5.02 Å². The Bertz CT molecular complexity index is 1190. The molecule has 0 unspecified atom stereocenters. The number of halogens is 2. The Morgan fingerprint density at radius 2 is 1.88 bits per heavy atom. The van der Waals surface area contributed by atoms with E-state index in [9.17, 15) is 17.6 Å². The number of nitrogens with zero attached hydrogens (tertiary/aromatic N) is 1. The molecule has 1 heterocycles. The number of benzene rings is 2. The average molecular weight is 479 g/mol. The van der Waals surface area contributed by atoms with Crippen molar-refractivity contribution in [2.45, 2.75) is 18.9 Å². The standard InChI is InChI=1S/C22H24ClFN4O3S/c1-32(30,31)28-20(15-3-6-17(24)7-4-15)14-22(29)27-11-2-10-25-19-9-12-26-21-13-16(23)5-8-18(19)21/h3-9,12-13,20,28H,2,10-11,14H2,1H3,(H,25,26)(H,27,29)/t20-/m0/s1. The molecule has 32 heavy (non-hydrogen) atoms. The van der Waals surface area contributed by atoms with E-state index in [2.05, 4.69) is 20.3 Å². The van der Waals surface area contributed by atoms with Crippen LogP contribution in [0.1, 0.15) is 24.4 Å². The van der Waals surface area contributed by atoms with Gasteiger partial charge in [-0.1, -0.05) is 23.7 Å². The van der Waals surface area contributed by atoms with Crippen LogP contribution in [0.25, 0.3) is 10.9 Å². The number of fused-ring (bicyclic) bond motifs is 1. The van der Waals surface area contributed by atoms with Crippen molar-refractivity contribution in [2.24, 2.45) is 0 Å². The van der Waals surface area contributed by atoms with Crippen molar-refractivity contribution in [3.8, 4) is 0 Å². The van der Waals surface area contributed by atoms with Crippen molar-refractivity contribution in [1.29, 1.82) is 0 Å². The molecule has 0 aliphatic carbocycles. The largest absolute Gasteiger partial charge is 0.384 e. The normalized spacial score (nSPS) is 12.5. The minimum absolute atomic E-state index is 0.0954. The number of sulfonamides is 1. The third-order valence-electron chi connectivity index (χ3n) is 4.71. The fourth-order valence-electron chi connectivity index (χ4n) is 3.25. The monoisotopic (exact) mass is 478 g/mol. The average Bonchev–Trinajstić information content (AvgIpc) is 2.72. The molecule has 3 rings (SSSR count). The van der Waals surface area contributed by atoms with Crippen molar-refractivity contribution >= 4 is 44.1 Å². The molecule has 0 aliphatic rings. The first-order chi connectivity index (χ1) is 15.2. The first-order valence-corrected chi connectivity index (χ1v) is 12.3. The fraction of sp³-hybridized carbons (Fsp3) is 0.273. The maximum atomic E-state index is 13.2. The topological polar surface area (TPSA) is 100 Å². The number of carbonyl (C=O) groups is 1. The molecule has 1 aromatic heterocycles. The van der Waals surface area contributed by atoms with E-state index < -0.39 is 21.9 Å². The van der Waals surface area contributed by atoms with Gasteiger partial charge in [0.15, 0.2) is 0 Å². The Hall–Kier alpha value is -2.75. The lowest BCUT2D eigenvalue weighted by molar-refractivity contribution is -0.121. The molecular weight excluding hydrogens is 455 g/mol. The van der Waals surface area contributed by atoms with Gasteiger partial charge >= 0.3 is 0 Å². The van der Waals surface area contributed by atoms with E-state index in [0.29, 0.717) is 30.1 Å². The molecule has 3 N–H and O–H groups in total. The zero-order chi connectivity index (χ0) is 23.1. The molecule has 0 aliphatic heterocycles. The van der Waals surface area contributed by atoms with E-state index in [0.717, 1.165) is 22.8 Å². The summed E-state index contributed by atoms with van der Waals surface area (Å²) in [7, 11) is -3.55. The first kappa shape index (κ1) is 23.9. The summed E-state index contributed by atoms with van der Waals surface area (Å²) in [6.45, 7) is 1.03. The highest BCUT2D eigenvalue weighted by atomic mass is 35.5. The lowest BCUT2D eigenvalue weighted by Crippen LogP contribution is -2.33. The number of carbonyl (C=O) groups excluding carboxylic acids is 1. The van der Waals surface area contributed by atoms with Crippen molar-refractivity contribution in [1.82, 2.24) is 15.0 Å². The molecule has 3 aromatic rings. The Labute approximate surface area is 191 Å². The smallest absolute Gasteiger partial charge is 0.221 e. The third kappa shape index (κ3) is 7.15. The number of hydrogen-bond acceptors (Lipinski definition) is 5. The predicted molar refractivity (Wildman–Crippen MR) is 125 cm³/mol. The second-order valence-electron chi connectivity index (χ2n) is 7.35. The van der Waals surface area contributed by atoms with Gasteiger partial charge in [-0.25, -0.2) is 17.5 Å². The number of rotatable bonds is 10. The first-order valence-electron chi connectivity index (χ1n) is 9.99. The van der Waals surface area contributed by atoms with Crippen molar-refractivity contribution < 1.29 is 17.6 Å². The lowest BCUT2D eigenvalue weighted by Gasteiger charge is -2.18. The lowest BCUT2D eigenvalue weighted by atomic mass is 10.0. The molecule has 0 saturated heterocycles. The second kappa shape index (κ2) is 10.7. The van der Waals surface area contributed by atoms with E-state index in [4.69, 9.17) is 11.6 Å². The van der Waals surface area contributed by atoms with Gasteiger partial charge in [-0.3, -0.25) is 9.78 Å². The SMILES string of the molecule is CS(=O)(=O)N[C@@H](CC(=O)NCCCNc1ccnc2cc(Cl)ccc12)c1ccc(F)cc1. The number of nitrogens with one attached hydrogen (secondary N) is 3. The molecule has 0 bridgehead atoms. The number of anilines is 1. The summed E-state index contributed by atoms with van der Waals surface area (Å²) >= 11 is 6.01. The molecule has 2 aromatic carbocycles. The van der Waals surface area contributed by atoms with Crippen LogP contribution in [-0.2, 0) is 14.8 Å². The summed E-state index contributed by atoms with van der Waals surface area (Å²) in [6, 6.07) is 12.0. The molecular formula is C22H24ClFN4O3S. The van der Waals surface area contributed by atoms with Gasteiger partial charge in [0.2, 0.25) is 15.9 Å². The third-order valence-corrected chi connectivity index (χ3v) is 5.66. The number of aromatic nitrogens is 1. The fourth-order valence-corrected chi connectivity index (χ4v) is 4.16. The molecule has 1 amide bonds. The van der Waals surface area contributed by atoms with Gasteiger partial charge in [0.05, 0.1) is 17.8 Å².